The summed E-state index contributed by atoms with van der Waals surface area (Å²) in [5.74, 6) is 1.73. The second-order valence-electron chi connectivity index (χ2n) is 9.76. The highest BCUT2D eigenvalue weighted by atomic mass is 32.1. The quantitative estimate of drug-likeness (QED) is 0.232. The lowest BCUT2D eigenvalue weighted by Crippen LogP contribution is -2.38. The van der Waals surface area contributed by atoms with E-state index in [1.165, 1.54) is 0 Å². The van der Waals surface area contributed by atoms with Crippen molar-refractivity contribution in [3.8, 4) is 5.75 Å². The molecule has 2 aromatic heterocycles. The zero-order valence-corrected chi connectivity index (χ0v) is 23.0. The molecule has 0 atom stereocenters. The molecule has 8 nitrogen and oxygen atoms in total. The minimum Gasteiger partial charge on any atom is -0.507 e. The molecular weight excluding hydrogens is 482 g/mol. The molecule has 0 fully saturated rings. The molecule has 4 rings (SSSR count). The fourth-order valence-corrected chi connectivity index (χ4v) is 4.75. The molecule has 37 heavy (non-hydrogen) atoms. The molecule has 0 amide bonds. The van der Waals surface area contributed by atoms with E-state index in [1.54, 1.807) is 0 Å². The Bertz CT molecular complexity index is 1410. The van der Waals surface area contributed by atoms with Crippen molar-refractivity contribution in [3.05, 3.63) is 58.9 Å². The van der Waals surface area contributed by atoms with E-state index in [-0.39, 0.29) is 5.75 Å². The number of likely N-dealkylation sites (N-methyl/N-ethyl adjacent to an activating group) is 1. The molecule has 5 N–H and O–H groups in total. The first-order chi connectivity index (χ1) is 17.8. The SMILES string of the molecule is CCCCc1nc2c(N)nc3ccccc3c2n1Cc1cc(C)c(O)c(CNC(=S)NCCN(C)C)c1. The number of hydrogen-bond donors (Lipinski definition) is 4. The van der Waals surface area contributed by atoms with Crippen molar-refractivity contribution in [1.82, 2.24) is 30.1 Å². The fraction of sp³-hybridized carbons (Fsp3) is 0.393. The largest absolute Gasteiger partial charge is 0.507 e. The van der Waals surface area contributed by atoms with Crippen LogP contribution in [0, 0.1) is 6.92 Å². The molecule has 0 radical (unpaired) electrons. The monoisotopic (exact) mass is 519 g/mol. The van der Waals surface area contributed by atoms with Crippen molar-refractivity contribution in [2.24, 2.45) is 0 Å². The van der Waals surface area contributed by atoms with Crippen LogP contribution in [0.3, 0.4) is 0 Å². The van der Waals surface area contributed by atoms with Crippen LogP contribution in [-0.4, -0.2) is 56.8 Å². The van der Waals surface area contributed by atoms with Gasteiger partial charge >= 0.3 is 0 Å². The van der Waals surface area contributed by atoms with Gasteiger partial charge in [0, 0.05) is 43.5 Å². The number of imidazole rings is 1. The third-order valence-corrected chi connectivity index (χ3v) is 6.80. The Morgan fingerprint density at radius 2 is 1.95 bits per heavy atom. The maximum Gasteiger partial charge on any atom is 0.166 e. The molecule has 2 aromatic carbocycles. The van der Waals surface area contributed by atoms with E-state index >= 15 is 0 Å². The topological polar surface area (TPSA) is 104 Å². The number of aromatic nitrogens is 3. The number of hydrogen-bond acceptors (Lipinski definition) is 6. The number of nitrogens with two attached hydrogens (primary N) is 1. The number of rotatable bonds is 10. The molecule has 0 aliphatic carbocycles. The molecule has 0 aliphatic rings. The van der Waals surface area contributed by atoms with Crippen molar-refractivity contribution in [3.63, 3.8) is 0 Å². The van der Waals surface area contributed by atoms with Crippen LogP contribution in [0.2, 0.25) is 0 Å². The van der Waals surface area contributed by atoms with Crippen LogP contribution >= 0.6 is 12.2 Å². The molecule has 0 aliphatic heterocycles. The summed E-state index contributed by atoms with van der Waals surface area (Å²) in [6, 6.07) is 12.1. The average molecular weight is 520 g/mol. The first kappa shape index (κ1) is 26.6. The van der Waals surface area contributed by atoms with Crippen molar-refractivity contribution in [2.75, 3.05) is 32.9 Å². The molecule has 196 valence electrons. The molecule has 9 heteroatoms. The van der Waals surface area contributed by atoms with Gasteiger partial charge in [0.05, 0.1) is 11.0 Å². The van der Waals surface area contributed by atoms with Gasteiger partial charge in [0.2, 0.25) is 0 Å². The van der Waals surface area contributed by atoms with Gasteiger partial charge in [-0.05, 0) is 62.9 Å². The highest BCUT2D eigenvalue weighted by Gasteiger charge is 2.18. The lowest BCUT2D eigenvalue weighted by Gasteiger charge is -2.16. The Morgan fingerprint density at radius 1 is 1.16 bits per heavy atom. The summed E-state index contributed by atoms with van der Waals surface area (Å²) >= 11 is 5.42. The summed E-state index contributed by atoms with van der Waals surface area (Å²) in [5, 5.41) is 18.8. The van der Waals surface area contributed by atoms with Crippen LogP contribution < -0.4 is 16.4 Å². The summed E-state index contributed by atoms with van der Waals surface area (Å²) in [6.07, 6.45) is 2.97. The third kappa shape index (κ3) is 6.11. The highest BCUT2D eigenvalue weighted by molar-refractivity contribution is 7.80. The number of phenols is 1. The summed E-state index contributed by atoms with van der Waals surface area (Å²) in [6.45, 7) is 6.79. The molecule has 4 aromatic rings. The first-order valence-electron chi connectivity index (χ1n) is 12.8. The van der Waals surface area contributed by atoms with Gasteiger partial charge in [0.1, 0.15) is 17.1 Å². The van der Waals surface area contributed by atoms with Gasteiger partial charge in [0.15, 0.2) is 10.9 Å². The molecule has 2 heterocycles. The summed E-state index contributed by atoms with van der Waals surface area (Å²) < 4.78 is 2.27. The minimum absolute atomic E-state index is 0.285. The molecule has 0 saturated heterocycles. The first-order valence-corrected chi connectivity index (χ1v) is 13.2. The van der Waals surface area contributed by atoms with E-state index in [1.807, 2.05) is 51.4 Å². The van der Waals surface area contributed by atoms with Gasteiger partial charge in [-0.3, -0.25) is 0 Å². The van der Waals surface area contributed by atoms with E-state index in [0.29, 0.717) is 24.0 Å². The van der Waals surface area contributed by atoms with Gasteiger partial charge in [-0.2, -0.15) is 0 Å². The summed E-state index contributed by atoms with van der Waals surface area (Å²) in [4.78, 5) is 11.6. The number of nitrogens with zero attached hydrogens (tertiary/aromatic N) is 4. The Labute approximate surface area is 223 Å². The Kier molecular flexibility index (Phi) is 8.45. The average Bonchev–Trinajstić information content (AvgIpc) is 3.22. The van der Waals surface area contributed by atoms with Crippen molar-refractivity contribution in [1.29, 1.82) is 0 Å². The van der Waals surface area contributed by atoms with E-state index in [9.17, 15) is 5.11 Å². The number of aryl methyl sites for hydroxylation is 2. The van der Waals surface area contributed by atoms with Crippen LogP contribution in [0.15, 0.2) is 36.4 Å². The van der Waals surface area contributed by atoms with Gasteiger partial charge in [-0.25, -0.2) is 9.97 Å². The van der Waals surface area contributed by atoms with Crippen LogP contribution in [-0.2, 0) is 19.5 Å². The van der Waals surface area contributed by atoms with Crippen LogP contribution in [0.4, 0.5) is 5.82 Å². The fourth-order valence-electron chi connectivity index (χ4n) is 4.57. The van der Waals surface area contributed by atoms with E-state index in [2.05, 4.69) is 38.1 Å². The third-order valence-electron chi connectivity index (χ3n) is 6.51. The lowest BCUT2D eigenvalue weighted by atomic mass is 10.0. The minimum atomic E-state index is 0.285. The number of anilines is 1. The number of pyridine rings is 1. The number of unbranched alkanes of at least 4 members (excludes halogenated alkanes) is 1. The van der Waals surface area contributed by atoms with E-state index in [4.69, 9.17) is 22.9 Å². The molecule has 0 unspecified atom stereocenters. The summed E-state index contributed by atoms with van der Waals surface area (Å²) in [5.41, 5.74) is 11.7. The second kappa shape index (κ2) is 11.7. The van der Waals surface area contributed by atoms with Crippen molar-refractivity contribution in [2.45, 2.75) is 46.2 Å². The normalized spacial score (nSPS) is 11.5. The number of nitrogens with one attached hydrogen (secondary N) is 2. The number of fused-ring (bicyclic) bond motifs is 3. The van der Waals surface area contributed by atoms with E-state index in [0.717, 1.165) is 76.8 Å². The Morgan fingerprint density at radius 3 is 2.70 bits per heavy atom. The van der Waals surface area contributed by atoms with Crippen molar-refractivity contribution >= 4 is 45.1 Å². The van der Waals surface area contributed by atoms with Gasteiger partial charge in [-0.1, -0.05) is 37.6 Å². The molecule has 0 spiro atoms. The number of aromatic hydroxyl groups is 1. The smallest absolute Gasteiger partial charge is 0.166 e. The Hall–Kier alpha value is -3.43. The predicted molar refractivity (Wildman–Crippen MR) is 156 cm³/mol. The van der Waals surface area contributed by atoms with Crippen molar-refractivity contribution < 1.29 is 5.11 Å². The lowest BCUT2D eigenvalue weighted by molar-refractivity contribution is 0.412. The van der Waals surface area contributed by atoms with Crippen LogP contribution in [0.5, 0.6) is 5.75 Å². The zero-order valence-electron chi connectivity index (χ0n) is 22.1. The van der Waals surface area contributed by atoms with Crippen LogP contribution in [0.1, 0.15) is 42.3 Å². The molecule has 0 saturated carbocycles. The summed E-state index contributed by atoms with van der Waals surface area (Å²) in [7, 11) is 4.05. The Balaban J connectivity index is 1.67. The molecule has 0 bridgehead atoms. The van der Waals surface area contributed by atoms with Gasteiger partial charge < -0.3 is 30.9 Å². The number of phenolic OH excluding ortho intramolecular Hbond substituents is 1. The number of thiocarbonyl (C=S) groups is 1. The van der Waals surface area contributed by atoms with E-state index < -0.39 is 0 Å². The number of para-hydroxylation sites is 1. The van der Waals surface area contributed by atoms with Gasteiger partial charge in [-0.15, -0.1) is 0 Å². The predicted octanol–water partition coefficient (Wildman–Crippen LogP) is 4.10. The standard InChI is InChI=1S/C28H37N7OS/c1-5-6-11-23-33-24-25(21-9-7-8-10-22(21)32-27(24)29)35(23)17-19-14-18(2)26(36)20(15-19)16-31-28(37)30-12-13-34(3)4/h7-10,14-15,36H,5-6,11-13,16-17H2,1-4H3,(H2,29,32)(H2,30,31,37). The number of benzene rings is 2. The molecular formula is C28H37N7OS. The maximum absolute atomic E-state index is 10.8. The van der Waals surface area contributed by atoms with Gasteiger partial charge in [0.25, 0.3) is 0 Å². The highest BCUT2D eigenvalue weighted by Crippen LogP contribution is 2.31. The maximum atomic E-state index is 10.8. The van der Waals surface area contributed by atoms with Crippen LogP contribution in [0.25, 0.3) is 21.9 Å². The zero-order chi connectivity index (χ0) is 26.5. The second-order valence-corrected chi connectivity index (χ2v) is 10.2. The number of nitrogen functional groups attached to an aromatic ring is 1.